The van der Waals surface area contributed by atoms with Gasteiger partial charge in [-0.05, 0) is 123 Å². The SMILES string of the molecule is Cc1c(-n2c3ccccc3c3ccccc32)ccc2c1N(c1c(-c3ccccc3)cccc1-c1ccccc1)c1cc(-c3ccccc3)cc3c1B2c1ccc(-n2c4ccccc4c4ccccc42)c(C)c1N3c1c(-c2ccccc2)cccc1-c1ccccc1. The molecule has 4 nitrogen and oxygen atoms in total. The van der Waals surface area contributed by atoms with Crippen molar-refractivity contribution in [3.63, 3.8) is 0 Å². The number of hydrogen-bond acceptors (Lipinski definition) is 2. The highest BCUT2D eigenvalue weighted by Crippen LogP contribution is 2.55. The van der Waals surface area contributed by atoms with Crippen LogP contribution < -0.4 is 26.2 Å². The highest BCUT2D eigenvalue weighted by Gasteiger charge is 2.47. The van der Waals surface area contributed by atoms with Gasteiger partial charge in [-0.1, -0.05) is 273 Å². The van der Waals surface area contributed by atoms with E-state index in [1.54, 1.807) is 0 Å². The van der Waals surface area contributed by atoms with Crippen molar-refractivity contribution in [2.45, 2.75) is 13.8 Å². The first-order chi connectivity index (χ1) is 45.1. The number of anilines is 6. The molecule has 0 bridgehead atoms. The fourth-order valence-corrected chi connectivity index (χ4v) is 15.6. The molecule has 0 amide bonds. The summed E-state index contributed by atoms with van der Waals surface area (Å²) in [6, 6.07) is 120. The highest BCUT2D eigenvalue weighted by atomic mass is 15.2. The first-order valence-corrected chi connectivity index (χ1v) is 31.6. The molecular formula is C86H59BN4. The summed E-state index contributed by atoms with van der Waals surface area (Å²) in [7, 11) is 0. The fraction of sp³-hybridized carbons (Fsp3) is 0.0233. The quantitative estimate of drug-likeness (QED) is 0.134. The monoisotopic (exact) mass is 1160 g/mol. The van der Waals surface area contributed by atoms with E-state index < -0.39 is 0 Å². The minimum Gasteiger partial charge on any atom is -0.310 e. The average Bonchev–Trinajstić information content (AvgIpc) is 0.832. The van der Waals surface area contributed by atoms with Gasteiger partial charge in [0.25, 0.3) is 6.71 Å². The van der Waals surface area contributed by atoms with Crippen molar-refractivity contribution in [3.8, 4) is 67.0 Å². The third-order valence-corrected chi connectivity index (χ3v) is 19.5. The number of aromatic nitrogens is 2. The van der Waals surface area contributed by atoms with E-state index in [2.05, 4.69) is 354 Å². The number of benzene rings is 14. The molecule has 2 aromatic heterocycles. The number of nitrogens with zero attached hydrogens (tertiary/aromatic N) is 4. The van der Waals surface area contributed by atoms with Crippen LogP contribution in [0.1, 0.15) is 11.1 Å². The van der Waals surface area contributed by atoms with Crippen LogP contribution in [0.4, 0.5) is 34.1 Å². The Morgan fingerprint density at radius 3 is 0.835 bits per heavy atom. The molecule has 2 aliphatic heterocycles. The highest BCUT2D eigenvalue weighted by molar-refractivity contribution is 7.00. The van der Waals surface area contributed by atoms with Crippen LogP contribution >= 0.6 is 0 Å². The average molecular weight is 1160 g/mol. The molecule has 0 fully saturated rings. The Morgan fingerprint density at radius 2 is 0.516 bits per heavy atom. The fourth-order valence-electron chi connectivity index (χ4n) is 15.6. The molecule has 0 saturated heterocycles. The lowest BCUT2D eigenvalue weighted by Gasteiger charge is -2.47. The lowest BCUT2D eigenvalue weighted by Crippen LogP contribution is -2.62. The van der Waals surface area contributed by atoms with Gasteiger partial charge in [0.1, 0.15) is 0 Å². The zero-order chi connectivity index (χ0) is 60.3. The molecule has 4 heterocycles. The van der Waals surface area contributed by atoms with E-state index in [0.29, 0.717) is 0 Å². The van der Waals surface area contributed by atoms with E-state index in [0.717, 1.165) is 89.8 Å². The standard InChI is InChI=1S/C86H59BN4/c1-56-74(88-76-46-22-18-38-68(76)69-39-19-23-47-77(69)88)52-50-72-83(56)90(85-64(59-30-10-4-11-31-59)42-26-43-65(85)60-32-12-5-13-33-60)80-54-63(58-28-8-3-9-29-58)55-81-82(80)87(72)73-51-53-75(89-78-48-24-20-40-70(78)71-41-21-25-49-79(71)89)57(2)84(73)91(81)86-66(61-34-14-6-15-35-61)44-27-45-67(86)62-36-16-7-17-37-62/h3-55H,1-2H3. The van der Waals surface area contributed by atoms with Gasteiger partial charge in [-0.25, -0.2) is 0 Å². The molecule has 0 N–H and O–H groups in total. The molecule has 0 atom stereocenters. The van der Waals surface area contributed by atoms with Crippen LogP contribution in [0.2, 0.25) is 0 Å². The van der Waals surface area contributed by atoms with Gasteiger partial charge < -0.3 is 18.9 Å². The summed E-state index contributed by atoms with van der Waals surface area (Å²) in [5.41, 5.74) is 31.4. The smallest absolute Gasteiger partial charge is 0.252 e. The Bertz CT molecular complexity index is 5010. The van der Waals surface area contributed by atoms with Gasteiger partial charge in [-0.3, -0.25) is 0 Å². The van der Waals surface area contributed by atoms with E-state index in [1.807, 2.05) is 0 Å². The molecule has 5 heteroatoms. The van der Waals surface area contributed by atoms with Crippen LogP contribution in [0.15, 0.2) is 322 Å². The van der Waals surface area contributed by atoms with Crippen LogP contribution in [0.3, 0.4) is 0 Å². The van der Waals surface area contributed by atoms with E-state index in [9.17, 15) is 0 Å². The number of fused-ring (bicyclic) bond motifs is 10. The summed E-state index contributed by atoms with van der Waals surface area (Å²) in [5.74, 6) is 0. The second-order valence-electron chi connectivity index (χ2n) is 24.3. The summed E-state index contributed by atoms with van der Waals surface area (Å²) in [6.07, 6.45) is 0. The maximum atomic E-state index is 2.71. The van der Waals surface area contributed by atoms with Crippen LogP contribution in [0.25, 0.3) is 111 Å². The molecule has 0 saturated carbocycles. The molecule has 0 unspecified atom stereocenters. The predicted molar refractivity (Wildman–Crippen MR) is 386 cm³/mol. The van der Waals surface area contributed by atoms with Crippen molar-refractivity contribution >= 4 is 101 Å². The Kier molecular flexibility index (Phi) is 12.1. The van der Waals surface area contributed by atoms with Gasteiger partial charge in [0.15, 0.2) is 0 Å². The topological polar surface area (TPSA) is 16.3 Å². The molecule has 426 valence electrons. The minimum absolute atomic E-state index is 0.225. The lowest BCUT2D eigenvalue weighted by atomic mass is 9.33. The number of rotatable bonds is 9. The molecule has 91 heavy (non-hydrogen) atoms. The van der Waals surface area contributed by atoms with E-state index in [1.165, 1.54) is 82.5 Å². The van der Waals surface area contributed by atoms with Gasteiger partial charge in [0.05, 0.1) is 44.8 Å². The van der Waals surface area contributed by atoms with Crippen LogP contribution in [-0.4, -0.2) is 15.8 Å². The Hall–Kier alpha value is -11.7. The Balaban J connectivity index is 1.04. The van der Waals surface area contributed by atoms with Gasteiger partial charge in [-0.2, -0.15) is 0 Å². The predicted octanol–water partition coefficient (Wildman–Crippen LogP) is 20.9. The van der Waals surface area contributed by atoms with E-state index in [-0.39, 0.29) is 6.71 Å². The van der Waals surface area contributed by atoms with E-state index in [4.69, 9.17) is 0 Å². The molecule has 2 aliphatic rings. The van der Waals surface area contributed by atoms with Crippen LogP contribution in [-0.2, 0) is 0 Å². The molecule has 18 rings (SSSR count). The maximum Gasteiger partial charge on any atom is 0.252 e. The van der Waals surface area contributed by atoms with Crippen LogP contribution in [0.5, 0.6) is 0 Å². The van der Waals surface area contributed by atoms with Crippen LogP contribution in [0, 0.1) is 13.8 Å². The normalized spacial score (nSPS) is 12.4. The summed E-state index contributed by atoms with van der Waals surface area (Å²) >= 11 is 0. The first kappa shape index (κ1) is 52.5. The minimum atomic E-state index is -0.225. The summed E-state index contributed by atoms with van der Waals surface area (Å²) in [4.78, 5) is 5.41. The maximum absolute atomic E-state index is 2.71. The third kappa shape index (κ3) is 8.04. The van der Waals surface area contributed by atoms with Crippen molar-refractivity contribution in [1.29, 1.82) is 0 Å². The molecule has 0 aliphatic carbocycles. The molecule has 16 aromatic rings. The Labute approximate surface area is 530 Å². The largest absolute Gasteiger partial charge is 0.310 e. The van der Waals surface area contributed by atoms with Gasteiger partial charge >= 0.3 is 0 Å². The number of hydrogen-bond donors (Lipinski definition) is 0. The summed E-state index contributed by atoms with van der Waals surface area (Å²) < 4.78 is 5.04. The second kappa shape index (κ2) is 21.0. The molecule has 14 aromatic carbocycles. The van der Waals surface area contributed by atoms with E-state index >= 15 is 0 Å². The van der Waals surface area contributed by atoms with Gasteiger partial charge in [0, 0.05) is 66.5 Å². The zero-order valence-electron chi connectivity index (χ0n) is 50.5. The zero-order valence-corrected chi connectivity index (χ0v) is 50.5. The molecule has 0 radical (unpaired) electrons. The van der Waals surface area contributed by atoms with Crippen molar-refractivity contribution in [3.05, 3.63) is 333 Å². The second-order valence-corrected chi connectivity index (χ2v) is 24.3. The summed E-state index contributed by atoms with van der Waals surface area (Å²) in [6.45, 7) is 4.55. The Morgan fingerprint density at radius 1 is 0.231 bits per heavy atom. The van der Waals surface area contributed by atoms with Gasteiger partial charge in [0.2, 0.25) is 0 Å². The van der Waals surface area contributed by atoms with Gasteiger partial charge in [-0.15, -0.1) is 0 Å². The molecular weight excluding hydrogens is 1100 g/mol. The third-order valence-electron chi connectivity index (χ3n) is 19.5. The molecule has 0 spiro atoms. The van der Waals surface area contributed by atoms with Crippen molar-refractivity contribution in [2.75, 3.05) is 9.80 Å². The summed E-state index contributed by atoms with van der Waals surface area (Å²) in [5, 5.41) is 4.93. The number of para-hydroxylation sites is 6. The van der Waals surface area contributed by atoms with Crippen molar-refractivity contribution in [1.82, 2.24) is 9.13 Å². The first-order valence-electron chi connectivity index (χ1n) is 31.6. The lowest BCUT2D eigenvalue weighted by molar-refractivity contribution is 1.13. The van der Waals surface area contributed by atoms with Crippen molar-refractivity contribution < 1.29 is 0 Å². The van der Waals surface area contributed by atoms with Crippen molar-refractivity contribution in [2.24, 2.45) is 0 Å².